The first kappa shape index (κ1) is 7.87. The average Bonchev–Trinajstić information content (AvgIpc) is 2.58. The predicted octanol–water partition coefficient (Wildman–Crippen LogP) is 2.65. The molecule has 0 saturated carbocycles. The van der Waals surface area contributed by atoms with Crippen molar-refractivity contribution in [3.63, 3.8) is 0 Å². The van der Waals surface area contributed by atoms with E-state index in [1.54, 1.807) is 11.8 Å². The van der Waals surface area contributed by atoms with Gasteiger partial charge in [0.25, 0.3) is 0 Å². The number of nitrogens with zero attached hydrogens (tertiary/aromatic N) is 1. The Labute approximate surface area is 76.9 Å². The molecule has 61 valence electrons. The van der Waals surface area contributed by atoms with Crippen molar-refractivity contribution in [2.45, 2.75) is 6.92 Å². The maximum Gasteiger partial charge on any atom is 0.0982 e. The van der Waals surface area contributed by atoms with Gasteiger partial charge in [0.1, 0.15) is 0 Å². The third-order valence-electron chi connectivity index (χ3n) is 1.80. The molecule has 12 heavy (non-hydrogen) atoms. The van der Waals surface area contributed by atoms with E-state index in [4.69, 9.17) is 0 Å². The monoisotopic (exact) mass is 176 g/mol. The Morgan fingerprint density at radius 2 is 2.00 bits per heavy atom. The minimum absolute atomic E-state index is 1.02. The highest BCUT2D eigenvalue weighted by molar-refractivity contribution is 8.14. The van der Waals surface area contributed by atoms with Gasteiger partial charge in [-0.3, -0.25) is 4.99 Å². The van der Waals surface area contributed by atoms with Crippen molar-refractivity contribution < 1.29 is 0 Å². The fourth-order valence-electron chi connectivity index (χ4n) is 1.13. The lowest BCUT2D eigenvalue weighted by Crippen LogP contribution is -1.90. The second-order valence-electron chi connectivity index (χ2n) is 2.79. The zero-order chi connectivity index (χ0) is 8.39. The predicted molar refractivity (Wildman–Crippen MR) is 54.5 cm³/mol. The van der Waals surface area contributed by atoms with E-state index >= 15 is 0 Å². The van der Waals surface area contributed by atoms with Crippen molar-refractivity contribution in [3.8, 4) is 0 Å². The average molecular weight is 176 g/mol. The van der Waals surface area contributed by atoms with Gasteiger partial charge in [-0.15, -0.1) is 11.8 Å². The van der Waals surface area contributed by atoms with Gasteiger partial charge >= 0.3 is 0 Å². The van der Waals surface area contributed by atoms with E-state index in [2.05, 4.69) is 36.2 Å². The molecular weight excluding hydrogens is 166 g/mol. The molecule has 1 aromatic carbocycles. The molecule has 1 aromatic rings. The van der Waals surface area contributed by atoms with Gasteiger partial charge in [-0.25, -0.2) is 0 Å². The highest BCUT2D eigenvalue weighted by atomic mass is 32.2. The van der Waals surface area contributed by atoms with Gasteiger partial charge in [-0.1, -0.05) is 29.8 Å². The zero-order valence-electron chi connectivity index (χ0n) is 6.95. The smallest absolute Gasteiger partial charge is 0.0982 e. The summed E-state index contributed by atoms with van der Waals surface area (Å²) in [7, 11) is 0. The van der Waals surface area contributed by atoms with Crippen LogP contribution < -0.4 is 0 Å². The number of aryl methyl sites for hydroxylation is 1. The Morgan fingerprint density at radius 3 is 2.58 bits per heavy atom. The molecule has 2 rings (SSSR count). The van der Waals surface area contributed by atoms with Crippen LogP contribution in [0.4, 0.5) is 0 Å². The van der Waals surface area contributed by atoms with Gasteiger partial charge in [0.2, 0.25) is 0 Å². The second-order valence-corrected chi connectivity index (χ2v) is 3.80. The molecule has 0 bridgehead atoms. The van der Waals surface area contributed by atoms with E-state index in [9.17, 15) is 0 Å². The van der Waals surface area contributed by atoms with Gasteiger partial charge in [0.15, 0.2) is 0 Å². The maximum absolute atomic E-state index is 4.29. The molecule has 0 spiro atoms. The van der Waals surface area contributed by atoms with Gasteiger partial charge in [-0.05, 0) is 6.92 Å². The van der Waals surface area contributed by atoms with E-state index in [1.165, 1.54) is 11.1 Å². The summed E-state index contributed by atoms with van der Waals surface area (Å²) in [5.74, 6) is 1.02. The molecule has 0 N–H and O–H groups in total. The number of hydrogen-bond acceptors (Lipinski definition) is 2. The summed E-state index contributed by atoms with van der Waals surface area (Å²) in [6.07, 6.45) is 0. The fourth-order valence-corrected chi connectivity index (χ4v) is 1.89. The molecule has 1 radical (unpaired) electrons. The molecule has 1 heterocycles. The van der Waals surface area contributed by atoms with Gasteiger partial charge in [0.05, 0.1) is 11.6 Å². The standard InChI is InChI=1S/C10H10NS/c1-8-2-4-9(5-3-8)10-11-6-7-12-10/h2-6H,7H2,1H3. The molecule has 0 unspecified atom stereocenters. The van der Waals surface area contributed by atoms with Crippen LogP contribution in [-0.2, 0) is 0 Å². The van der Waals surface area contributed by atoms with Crippen LogP contribution in [0, 0.1) is 13.5 Å². The lowest BCUT2D eigenvalue weighted by atomic mass is 10.2. The summed E-state index contributed by atoms with van der Waals surface area (Å²) >= 11 is 1.80. The van der Waals surface area contributed by atoms with E-state index in [0.29, 0.717) is 0 Å². The second kappa shape index (κ2) is 3.31. The van der Waals surface area contributed by atoms with E-state index in [1.807, 2.05) is 6.54 Å². The van der Waals surface area contributed by atoms with Gasteiger partial charge in [-0.2, -0.15) is 0 Å². The Hall–Kier alpha value is -0.760. The lowest BCUT2D eigenvalue weighted by molar-refractivity contribution is 1.36. The topological polar surface area (TPSA) is 12.4 Å². The first-order valence-electron chi connectivity index (χ1n) is 3.95. The minimum atomic E-state index is 1.02. The summed E-state index contributed by atoms with van der Waals surface area (Å²) in [5, 5.41) is 1.15. The summed E-state index contributed by atoms with van der Waals surface area (Å²) in [5.41, 5.74) is 2.53. The molecule has 1 nitrogen and oxygen atoms in total. The molecular formula is C10H10NS. The van der Waals surface area contributed by atoms with Crippen LogP contribution in [-0.4, -0.2) is 10.8 Å². The third-order valence-corrected chi connectivity index (χ3v) is 2.73. The van der Waals surface area contributed by atoms with Crippen LogP contribution >= 0.6 is 11.8 Å². The Morgan fingerprint density at radius 1 is 1.25 bits per heavy atom. The number of aliphatic imine (C=N–C) groups is 1. The molecule has 1 aliphatic heterocycles. The highest BCUT2D eigenvalue weighted by Gasteiger charge is 2.08. The van der Waals surface area contributed by atoms with Crippen molar-refractivity contribution in [1.82, 2.24) is 0 Å². The van der Waals surface area contributed by atoms with E-state index in [-0.39, 0.29) is 0 Å². The quantitative estimate of drug-likeness (QED) is 0.640. The normalized spacial score (nSPS) is 16.2. The van der Waals surface area contributed by atoms with Gasteiger partial charge < -0.3 is 0 Å². The van der Waals surface area contributed by atoms with E-state index in [0.717, 1.165) is 10.8 Å². The van der Waals surface area contributed by atoms with Crippen LogP contribution in [0.1, 0.15) is 11.1 Å². The Bertz CT molecular complexity index is 300. The summed E-state index contributed by atoms with van der Waals surface area (Å²) in [6.45, 7) is 4.05. The molecule has 0 aliphatic carbocycles. The van der Waals surface area contributed by atoms with Crippen molar-refractivity contribution in [2.75, 3.05) is 5.75 Å². The molecule has 0 fully saturated rings. The van der Waals surface area contributed by atoms with Crippen molar-refractivity contribution in [1.29, 1.82) is 0 Å². The maximum atomic E-state index is 4.29. The number of thioether (sulfide) groups is 1. The lowest BCUT2D eigenvalue weighted by Gasteiger charge is -1.99. The van der Waals surface area contributed by atoms with E-state index < -0.39 is 0 Å². The fraction of sp³-hybridized carbons (Fsp3) is 0.200. The highest BCUT2D eigenvalue weighted by Crippen LogP contribution is 2.21. The molecule has 1 aliphatic rings. The Kier molecular flexibility index (Phi) is 2.17. The first-order valence-corrected chi connectivity index (χ1v) is 4.94. The van der Waals surface area contributed by atoms with Crippen LogP contribution in [0.2, 0.25) is 0 Å². The largest absolute Gasteiger partial charge is 0.271 e. The summed E-state index contributed by atoms with van der Waals surface area (Å²) < 4.78 is 0. The number of benzene rings is 1. The number of hydrogen-bond donors (Lipinski definition) is 0. The molecule has 0 atom stereocenters. The van der Waals surface area contributed by atoms with Crippen molar-refractivity contribution in [2.24, 2.45) is 4.99 Å². The van der Waals surface area contributed by atoms with Crippen LogP contribution in [0.3, 0.4) is 0 Å². The zero-order valence-corrected chi connectivity index (χ0v) is 7.77. The molecule has 0 amide bonds. The Balaban J connectivity index is 2.28. The van der Waals surface area contributed by atoms with Gasteiger partial charge in [0, 0.05) is 11.3 Å². The number of rotatable bonds is 1. The van der Waals surface area contributed by atoms with Crippen molar-refractivity contribution >= 4 is 16.8 Å². The van der Waals surface area contributed by atoms with Crippen molar-refractivity contribution in [3.05, 3.63) is 41.9 Å². The van der Waals surface area contributed by atoms with Crippen LogP contribution in [0.15, 0.2) is 29.3 Å². The SMILES string of the molecule is Cc1ccc(C2=N[CH]CS2)cc1. The minimum Gasteiger partial charge on any atom is -0.271 e. The molecule has 2 heteroatoms. The third kappa shape index (κ3) is 1.53. The summed E-state index contributed by atoms with van der Waals surface area (Å²) in [6, 6.07) is 8.49. The first-order chi connectivity index (χ1) is 5.86. The van der Waals surface area contributed by atoms with Crippen LogP contribution in [0.25, 0.3) is 0 Å². The van der Waals surface area contributed by atoms with Crippen LogP contribution in [0.5, 0.6) is 0 Å². The molecule has 0 saturated heterocycles. The molecule has 0 aromatic heterocycles. The summed E-state index contributed by atoms with van der Waals surface area (Å²) in [4.78, 5) is 4.29.